The third-order valence-corrected chi connectivity index (χ3v) is 6.08. The summed E-state index contributed by atoms with van der Waals surface area (Å²) >= 11 is 19.8. The second kappa shape index (κ2) is 8.89. The minimum absolute atomic E-state index is 0.211. The van der Waals surface area contributed by atoms with Crippen LogP contribution in [0.1, 0.15) is 28.9 Å². The Balaban J connectivity index is 1.49. The zero-order valence-corrected chi connectivity index (χ0v) is 16.5. The van der Waals surface area contributed by atoms with Gasteiger partial charge in [0.15, 0.2) is 0 Å². The first-order valence-corrected chi connectivity index (χ1v) is 10.1. The highest BCUT2D eigenvalue weighted by molar-refractivity contribution is 7.21. The number of hydrogen-bond donors (Lipinski definition) is 1. The van der Waals surface area contributed by atoms with Crippen molar-refractivity contribution in [3.8, 4) is 0 Å². The number of thiophene rings is 1. The molecule has 1 aliphatic rings. The number of carbonyl (C=O) groups is 1. The van der Waals surface area contributed by atoms with Crippen molar-refractivity contribution in [2.45, 2.75) is 25.4 Å². The highest BCUT2D eigenvalue weighted by Crippen LogP contribution is 2.41. The van der Waals surface area contributed by atoms with Gasteiger partial charge in [0.25, 0.3) is 5.91 Å². The van der Waals surface area contributed by atoms with E-state index in [9.17, 15) is 4.79 Å². The summed E-state index contributed by atoms with van der Waals surface area (Å²) in [6.45, 7) is 2.55. The maximum absolute atomic E-state index is 12.4. The molecule has 1 unspecified atom stereocenters. The topological polar surface area (TPSA) is 47.6 Å². The summed E-state index contributed by atoms with van der Waals surface area (Å²) in [7, 11) is 0. The number of benzene rings is 1. The molecule has 0 spiro atoms. The summed E-state index contributed by atoms with van der Waals surface area (Å²) in [5.74, 6) is -0.211. The second-order valence-electron chi connectivity index (χ2n) is 5.83. The Morgan fingerprint density at radius 3 is 2.96 bits per heavy atom. The van der Waals surface area contributed by atoms with Crippen LogP contribution in [0.5, 0.6) is 0 Å². The van der Waals surface area contributed by atoms with Crippen LogP contribution < -0.4 is 5.32 Å². The molecule has 0 bridgehead atoms. The Morgan fingerprint density at radius 2 is 2.20 bits per heavy atom. The molecule has 136 valence electrons. The quantitative estimate of drug-likeness (QED) is 0.626. The van der Waals surface area contributed by atoms with E-state index >= 15 is 0 Å². The highest BCUT2D eigenvalue weighted by atomic mass is 35.5. The molecule has 1 aliphatic heterocycles. The number of halogens is 3. The van der Waals surface area contributed by atoms with Gasteiger partial charge in [-0.25, -0.2) is 0 Å². The molecule has 1 aromatic heterocycles. The average molecular weight is 423 g/mol. The summed E-state index contributed by atoms with van der Waals surface area (Å²) < 4.78 is 11.9. The van der Waals surface area contributed by atoms with Crippen LogP contribution in [0.3, 0.4) is 0 Å². The molecule has 1 fully saturated rings. The third kappa shape index (κ3) is 4.79. The van der Waals surface area contributed by atoms with Crippen molar-refractivity contribution in [3.05, 3.63) is 32.1 Å². The fourth-order valence-electron chi connectivity index (χ4n) is 2.70. The summed E-state index contributed by atoms with van der Waals surface area (Å²) in [5, 5.41) is 4.87. The smallest absolute Gasteiger partial charge is 0.262 e. The average Bonchev–Trinajstić information content (AvgIpc) is 3.18. The SMILES string of the molecule is O=C(NCCCOCC1CCCO1)c1sc2cc(Cl)cc(Cl)c2c1Cl. The molecule has 0 aliphatic carbocycles. The van der Waals surface area contributed by atoms with E-state index in [1.807, 2.05) is 0 Å². The van der Waals surface area contributed by atoms with Gasteiger partial charge in [-0.3, -0.25) is 4.79 Å². The fraction of sp³-hybridized carbons (Fsp3) is 0.471. The lowest BCUT2D eigenvalue weighted by Crippen LogP contribution is -2.25. The second-order valence-corrected chi connectivity index (χ2v) is 8.10. The van der Waals surface area contributed by atoms with E-state index in [1.165, 1.54) is 11.3 Å². The first-order chi connectivity index (χ1) is 12.1. The zero-order valence-electron chi connectivity index (χ0n) is 13.4. The van der Waals surface area contributed by atoms with Gasteiger partial charge in [0.1, 0.15) is 4.88 Å². The molecule has 1 amide bonds. The molecule has 2 heterocycles. The van der Waals surface area contributed by atoms with Crippen molar-refractivity contribution in [2.75, 3.05) is 26.4 Å². The predicted molar refractivity (Wildman–Crippen MR) is 104 cm³/mol. The molecule has 2 aromatic rings. The summed E-state index contributed by atoms with van der Waals surface area (Å²) in [5.41, 5.74) is 0. The van der Waals surface area contributed by atoms with Crippen molar-refractivity contribution in [1.29, 1.82) is 0 Å². The highest BCUT2D eigenvalue weighted by Gasteiger charge is 2.19. The van der Waals surface area contributed by atoms with E-state index in [0.717, 1.165) is 30.6 Å². The maximum atomic E-state index is 12.4. The van der Waals surface area contributed by atoms with Gasteiger partial charge in [-0.2, -0.15) is 0 Å². The molecular formula is C17H18Cl3NO3S. The van der Waals surface area contributed by atoms with Gasteiger partial charge in [0, 0.05) is 34.9 Å². The largest absolute Gasteiger partial charge is 0.379 e. The van der Waals surface area contributed by atoms with Crippen LogP contribution in [0.25, 0.3) is 10.1 Å². The van der Waals surface area contributed by atoms with Crippen molar-refractivity contribution < 1.29 is 14.3 Å². The summed E-state index contributed by atoms with van der Waals surface area (Å²) in [6.07, 6.45) is 3.12. The third-order valence-electron chi connectivity index (χ3n) is 3.93. The lowest BCUT2D eigenvalue weighted by Gasteiger charge is -2.10. The van der Waals surface area contributed by atoms with Gasteiger partial charge in [-0.1, -0.05) is 34.8 Å². The van der Waals surface area contributed by atoms with Gasteiger partial charge < -0.3 is 14.8 Å². The Bertz CT molecular complexity index is 759. The molecule has 1 aromatic carbocycles. The first kappa shape index (κ1) is 19.2. The molecule has 1 N–H and O–H groups in total. The van der Waals surface area contributed by atoms with Crippen molar-refractivity contribution in [1.82, 2.24) is 5.32 Å². The van der Waals surface area contributed by atoms with Gasteiger partial charge in [-0.05, 0) is 31.4 Å². The molecule has 8 heteroatoms. The monoisotopic (exact) mass is 421 g/mol. The van der Waals surface area contributed by atoms with Gasteiger partial charge in [0.05, 0.1) is 22.8 Å². The molecule has 3 rings (SSSR count). The molecule has 4 nitrogen and oxygen atoms in total. The number of carbonyl (C=O) groups excluding carboxylic acids is 1. The Kier molecular flexibility index (Phi) is 6.83. The number of nitrogens with one attached hydrogen (secondary N) is 1. The predicted octanol–water partition coefficient (Wildman–Crippen LogP) is 5.18. The zero-order chi connectivity index (χ0) is 17.8. The van der Waals surface area contributed by atoms with E-state index in [2.05, 4.69) is 5.32 Å². The molecule has 0 radical (unpaired) electrons. The van der Waals surface area contributed by atoms with Crippen LogP contribution in [0, 0.1) is 0 Å². The van der Waals surface area contributed by atoms with Crippen LogP contribution in [-0.2, 0) is 9.47 Å². The minimum Gasteiger partial charge on any atom is -0.379 e. The first-order valence-electron chi connectivity index (χ1n) is 8.11. The Morgan fingerprint density at radius 1 is 1.36 bits per heavy atom. The van der Waals surface area contributed by atoms with Crippen molar-refractivity contribution >= 4 is 62.1 Å². The maximum Gasteiger partial charge on any atom is 0.262 e. The Hall–Kier alpha value is -0.560. The van der Waals surface area contributed by atoms with Crippen LogP contribution in [0.2, 0.25) is 15.1 Å². The lowest BCUT2D eigenvalue weighted by atomic mass is 10.2. The molecular weight excluding hydrogens is 405 g/mol. The summed E-state index contributed by atoms with van der Waals surface area (Å²) in [4.78, 5) is 12.8. The fourth-order valence-corrected chi connectivity index (χ4v) is 5.00. The number of fused-ring (bicyclic) bond motifs is 1. The standard InChI is InChI=1S/C17H18Cl3NO3S/c18-10-7-12(19)14-13(8-10)25-16(15(14)20)17(22)21-4-2-5-23-9-11-3-1-6-24-11/h7-8,11H,1-6,9H2,(H,21,22). The van der Waals surface area contributed by atoms with E-state index < -0.39 is 0 Å². The lowest BCUT2D eigenvalue weighted by molar-refractivity contribution is 0.0166. The number of hydrogen-bond acceptors (Lipinski definition) is 4. The molecule has 25 heavy (non-hydrogen) atoms. The van der Waals surface area contributed by atoms with Crippen LogP contribution in [-0.4, -0.2) is 38.4 Å². The van der Waals surface area contributed by atoms with Gasteiger partial charge in [0.2, 0.25) is 0 Å². The van der Waals surface area contributed by atoms with E-state index in [-0.39, 0.29) is 12.0 Å². The molecule has 1 atom stereocenters. The normalized spacial score (nSPS) is 17.3. The number of rotatable bonds is 7. The van der Waals surface area contributed by atoms with Crippen LogP contribution >= 0.6 is 46.1 Å². The summed E-state index contributed by atoms with van der Waals surface area (Å²) in [6, 6.07) is 3.38. The number of amides is 1. The minimum atomic E-state index is -0.211. The molecule has 0 saturated carbocycles. The Labute approximate surface area is 165 Å². The van der Waals surface area contributed by atoms with E-state index in [4.69, 9.17) is 44.3 Å². The van der Waals surface area contributed by atoms with Crippen LogP contribution in [0.15, 0.2) is 12.1 Å². The van der Waals surface area contributed by atoms with Crippen molar-refractivity contribution in [3.63, 3.8) is 0 Å². The van der Waals surface area contributed by atoms with Gasteiger partial charge in [-0.15, -0.1) is 11.3 Å². The van der Waals surface area contributed by atoms with E-state index in [0.29, 0.717) is 45.1 Å². The molecule has 1 saturated heterocycles. The van der Waals surface area contributed by atoms with Crippen LogP contribution in [0.4, 0.5) is 0 Å². The van der Waals surface area contributed by atoms with E-state index in [1.54, 1.807) is 12.1 Å². The van der Waals surface area contributed by atoms with Gasteiger partial charge >= 0.3 is 0 Å². The van der Waals surface area contributed by atoms with Crippen molar-refractivity contribution in [2.24, 2.45) is 0 Å². The number of ether oxygens (including phenoxy) is 2.